The normalized spacial score (nSPS) is 30.1. The fourth-order valence-electron chi connectivity index (χ4n) is 2.98. The van der Waals surface area contributed by atoms with E-state index in [0.29, 0.717) is 5.92 Å². The summed E-state index contributed by atoms with van der Waals surface area (Å²) >= 11 is 0. The number of alkyl halides is 2. The van der Waals surface area contributed by atoms with E-state index in [4.69, 9.17) is 0 Å². The topological polar surface area (TPSA) is 41.1 Å². The predicted octanol–water partition coefficient (Wildman–Crippen LogP) is 2.07. The Hall–Kier alpha value is -0.710. The first-order valence-electron chi connectivity index (χ1n) is 6.89. The van der Waals surface area contributed by atoms with Crippen LogP contribution in [0.15, 0.2) is 0 Å². The molecule has 0 aromatic heterocycles. The van der Waals surface area contributed by atoms with Crippen LogP contribution in [-0.4, -0.2) is 30.5 Å². The summed E-state index contributed by atoms with van der Waals surface area (Å²) in [5.41, 5.74) is 0. The van der Waals surface area contributed by atoms with Gasteiger partial charge in [0, 0.05) is 12.5 Å². The van der Waals surface area contributed by atoms with Gasteiger partial charge in [0.1, 0.15) is 0 Å². The summed E-state index contributed by atoms with van der Waals surface area (Å²) in [5, 5.41) is 5.49. The molecule has 0 aromatic carbocycles. The van der Waals surface area contributed by atoms with Crippen LogP contribution in [0.3, 0.4) is 0 Å². The minimum Gasteiger partial charge on any atom is -0.352 e. The third-order valence-electron chi connectivity index (χ3n) is 4.15. The lowest BCUT2D eigenvalue weighted by Gasteiger charge is -2.29. The van der Waals surface area contributed by atoms with Crippen LogP contribution in [0.4, 0.5) is 8.78 Å². The van der Waals surface area contributed by atoms with Crippen LogP contribution < -0.4 is 10.6 Å². The summed E-state index contributed by atoms with van der Waals surface area (Å²) < 4.78 is 26.0. The Balaban J connectivity index is 1.80. The molecule has 1 saturated heterocycles. The maximum atomic E-state index is 13.0. The van der Waals surface area contributed by atoms with Crippen molar-refractivity contribution in [3.05, 3.63) is 0 Å². The molecule has 3 nitrogen and oxygen atoms in total. The van der Waals surface area contributed by atoms with Crippen LogP contribution in [0.25, 0.3) is 0 Å². The van der Waals surface area contributed by atoms with Crippen molar-refractivity contribution in [1.29, 1.82) is 0 Å². The van der Waals surface area contributed by atoms with E-state index in [1.54, 1.807) is 0 Å². The Morgan fingerprint density at radius 2 is 2.00 bits per heavy atom. The fraction of sp³-hybridized carbons (Fsp3) is 0.923. The first-order valence-corrected chi connectivity index (χ1v) is 6.89. The lowest BCUT2D eigenvalue weighted by molar-refractivity contribution is -0.124. The number of halogens is 2. The SMILES string of the molecule is CC(NC(=O)C1CC(F)(F)CN1)C1CCCCC1. The van der Waals surface area contributed by atoms with Gasteiger partial charge in [-0.25, -0.2) is 8.78 Å². The van der Waals surface area contributed by atoms with Gasteiger partial charge in [0.15, 0.2) is 0 Å². The summed E-state index contributed by atoms with van der Waals surface area (Å²) in [5.74, 6) is -2.51. The number of rotatable bonds is 3. The van der Waals surface area contributed by atoms with Crippen LogP contribution in [0.1, 0.15) is 45.4 Å². The smallest absolute Gasteiger partial charge is 0.262 e. The van der Waals surface area contributed by atoms with Crippen LogP contribution in [0.2, 0.25) is 0 Å². The highest BCUT2D eigenvalue weighted by Crippen LogP contribution is 2.28. The molecule has 0 radical (unpaired) electrons. The minimum atomic E-state index is -2.74. The van der Waals surface area contributed by atoms with Crippen molar-refractivity contribution in [3.8, 4) is 0 Å². The molecule has 1 aliphatic heterocycles. The maximum absolute atomic E-state index is 13.0. The van der Waals surface area contributed by atoms with E-state index in [9.17, 15) is 13.6 Å². The molecule has 18 heavy (non-hydrogen) atoms. The van der Waals surface area contributed by atoms with Crippen molar-refractivity contribution >= 4 is 5.91 Å². The Morgan fingerprint density at radius 3 is 2.56 bits per heavy atom. The Labute approximate surface area is 107 Å². The van der Waals surface area contributed by atoms with Crippen LogP contribution in [0.5, 0.6) is 0 Å². The molecule has 2 atom stereocenters. The lowest BCUT2D eigenvalue weighted by Crippen LogP contribution is -2.47. The van der Waals surface area contributed by atoms with Crippen molar-refractivity contribution in [3.63, 3.8) is 0 Å². The molecule has 1 heterocycles. The summed E-state index contributed by atoms with van der Waals surface area (Å²) in [4.78, 5) is 11.9. The molecule has 0 aromatic rings. The van der Waals surface area contributed by atoms with E-state index in [-0.39, 0.29) is 24.9 Å². The van der Waals surface area contributed by atoms with Gasteiger partial charge in [0.25, 0.3) is 5.92 Å². The fourth-order valence-corrected chi connectivity index (χ4v) is 2.98. The Bertz CT molecular complexity index is 303. The second kappa shape index (κ2) is 5.51. The first kappa shape index (κ1) is 13.7. The average molecular weight is 260 g/mol. The van der Waals surface area contributed by atoms with Gasteiger partial charge in [-0.2, -0.15) is 0 Å². The number of hydrogen-bond donors (Lipinski definition) is 2. The second-order valence-electron chi connectivity index (χ2n) is 5.69. The number of carbonyl (C=O) groups is 1. The van der Waals surface area contributed by atoms with Gasteiger partial charge in [-0.05, 0) is 25.7 Å². The van der Waals surface area contributed by atoms with Gasteiger partial charge in [-0.3, -0.25) is 10.1 Å². The Morgan fingerprint density at radius 1 is 1.33 bits per heavy atom. The molecule has 2 fully saturated rings. The molecular formula is C13H22F2N2O. The number of amides is 1. The molecule has 0 bridgehead atoms. The van der Waals surface area contributed by atoms with Crippen LogP contribution in [-0.2, 0) is 4.79 Å². The van der Waals surface area contributed by atoms with E-state index in [0.717, 1.165) is 12.8 Å². The minimum absolute atomic E-state index is 0.0915. The highest BCUT2D eigenvalue weighted by atomic mass is 19.3. The average Bonchev–Trinajstić information content (AvgIpc) is 2.71. The third kappa shape index (κ3) is 3.40. The van der Waals surface area contributed by atoms with Gasteiger partial charge in [-0.15, -0.1) is 0 Å². The highest BCUT2D eigenvalue weighted by Gasteiger charge is 2.42. The molecule has 2 aliphatic rings. The quantitative estimate of drug-likeness (QED) is 0.815. The monoisotopic (exact) mass is 260 g/mol. The van der Waals surface area contributed by atoms with E-state index in [1.165, 1.54) is 19.3 Å². The van der Waals surface area contributed by atoms with Crippen LogP contribution >= 0.6 is 0 Å². The molecule has 1 amide bonds. The molecular weight excluding hydrogens is 238 g/mol. The number of carbonyl (C=O) groups excluding carboxylic acids is 1. The van der Waals surface area contributed by atoms with Gasteiger partial charge in [0.2, 0.25) is 5.91 Å². The first-order chi connectivity index (χ1) is 8.48. The van der Waals surface area contributed by atoms with Crippen molar-refractivity contribution in [2.75, 3.05) is 6.54 Å². The summed E-state index contributed by atoms with van der Waals surface area (Å²) in [6.07, 6.45) is 5.59. The van der Waals surface area contributed by atoms with Crippen molar-refractivity contribution < 1.29 is 13.6 Å². The Kier molecular flexibility index (Phi) is 4.20. The molecule has 104 valence electrons. The molecule has 1 aliphatic carbocycles. The summed E-state index contributed by atoms with van der Waals surface area (Å²) in [6, 6.07) is -0.639. The standard InChI is InChI=1S/C13H22F2N2O/c1-9(10-5-3-2-4-6-10)17-12(18)11-7-13(14,15)8-16-11/h9-11,16H,2-8H2,1H3,(H,17,18). The van der Waals surface area contributed by atoms with E-state index >= 15 is 0 Å². The second-order valence-corrected chi connectivity index (χ2v) is 5.69. The van der Waals surface area contributed by atoms with Crippen molar-refractivity contribution in [2.45, 2.75) is 63.5 Å². The number of nitrogens with one attached hydrogen (secondary N) is 2. The van der Waals surface area contributed by atoms with E-state index in [2.05, 4.69) is 10.6 Å². The van der Waals surface area contributed by atoms with Gasteiger partial charge < -0.3 is 5.32 Å². The van der Waals surface area contributed by atoms with Gasteiger partial charge in [-0.1, -0.05) is 19.3 Å². The zero-order valence-corrected chi connectivity index (χ0v) is 10.8. The highest BCUT2D eigenvalue weighted by molar-refractivity contribution is 5.82. The van der Waals surface area contributed by atoms with Crippen molar-refractivity contribution in [2.24, 2.45) is 5.92 Å². The molecule has 2 N–H and O–H groups in total. The lowest BCUT2D eigenvalue weighted by atomic mass is 9.84. The van der Waals surface area contributed by atoms with E-state index in [1.807, 2.05) is 6.92 Å². The van der Waals surface area contributed by atoms with Crippen molar-refractivity contribution in [1.82, 2.24) is 10.6 Å². The molecule has 0 spiro atoms. The summed E-state index contributed by atoms with van der Waals surface area (Å²) in [7, 11) is 0. The third-order valence-corrected chi connectivity index (χ3v) is 4.15. The van der Waals surface area contributed by atoms with E-state index < -0.39 is 12.0 Å². The maximum Gasteiger partial charge on any atom is 0.262 e. The van der Waals surface area contributed by atoms with Gasteiger partial charge in [0.05, 0.1) is 12.6 Å². The summed E-state index contributed by atoms with van der Waals surface area (Å²) in [6.45, 7) is 1.60. The zero-order chi connectivity index (χ0) is 13.2. The molecule has 2 rings (SSSR count). The largest absolute Gasteiger partial charge is 0.352 e. The number of hydrogen-bond acceptors (Lipinski definition) is 2. The predicted molar refractivity (Wildman–Crippen MR) is 65.5 cm³/mol. The van der Waals surface area contributed by atoms with Crippen LogP contribution in [0, 0.1) is 5.92 Å². The molecule has 2 unspecified atom stereocenters. The molecule has 1 saturated carbocycles. The molecule has 5 heteroatoms. The zero-order valence-electron chi connectivity index (χ0n) is 10.8. The van der Waals surface area contributed by atoms with Gasteiger partial charge >= 0.3 is 0 Å².